The maximum absolute atomic E-state index is 17.0. The molecular weight excluding hydrogens is 609 g/mol. The van der Waals surface area contributed by atoms with Gasteiger partial charge in [0.2, 0.25) is 5.88 Å². The third-order valence-corrected chi connectivity index (χ3v) is 9.70. The van der Waals surface area contributed by atoms with E-state index in [4.69, 9.17) is 46.9 Å². The van der Waals surface area contributed by atoms with Crippen molar-refractivity contribution in [2.24, 2.45) is 0 Å². The molecule has 0 bridgehead atoms. The molecule has 0 spiro atoms. The summed E-state index contributed by atoms with van der Waals surface area (Å²) in [6.45, 7) is 12.8. The van der Waals surface area contributed by atoms with Crippen LogP contribution in [-0.4, -0.2) is 84.7 Å². The Morgan fingerprint density at radius 2 is 2.00 bits per heavy atom. The van der Waals surface area contributed by atoms with E-state index in [1.165, 1.54) is 12.7 Å². The number of halogens is 2. The number of aromatic nitrogens is 3. The lowest BCUT2D eigenvalue weighted by molar-refractivity contribution is 0.108. The van der Waals surface area contributed by atoms with Gasteiger partial charge in [-0.25, -0.2) is 9.37 Å². The Labute approximate surface area is 274 Å². The van der Waals surface area contributed by atoms with E-state index in [1.807, 2.05) is 13.8 Å². The number of nitrogen functional groups attached to an aromatic ring is 1. The molecule has 3 aliphatic heterocycles. The molecule has 2 aromatic heterocycles. The van der Waals surface area contributed by atoms with Gasteiger partial charge in [0.05, 0.1) is 19.3 Å². The molecule has 10 nitrogen and oxygen atoms in total. The third kappa shape index (κ3) is 5.77. The monoisotopic (exact) mass is 651 g/mol. The molecule has 0 radical (unpaired) electrons. The summed E-state index contributed by atoms with van der Waals surface area (Å²) in [5.41, 5.74) is 9.16. The summed E-state index contributed by atoms with van der Waals surface area (Å²) >= 11 is 6.71. The van der Waals surface area contributed by atoms with Gasteiger partial charge in [0.1, 0.15) is 29.0 Å². The molecule has 3 aromatic rings. The number of hydrogen-bond donors (Lipinski definition) is 2. The minimum absolute atomic E-state index is 0.00796. The molecule has 246 valence electrons. The Hall–Kier alpha value is -3.54. The number of nitrogens with two attached hydrogens (primary N) is 1. The topological polar surface area (TPSA) is 123 Å². The molecule has 1 aliphatic carbocycles. The fourth-order valence-corrected chi connectivity index (χ4v) is 7.56. The number of nitrogens with zero attached hydrogens (tertiary/aromatic N) is 5. The highest BCUT2D eigenvalue weighted by molar-refractivity contribution is 6.32. The molecule has 1 saturated carbocycles. The highest BCUT2D eigenvalue weighted by Crippen LogP contribution is 2.51. The Kier molecular flexibility index (Phi) is 9.36. The van der Waals surface area contributed by atoms with Crippen LogP contribution in [0.2, 0.25) is 5.02 Å². The van der Waals surface area contributed by atoms with Gasteiger partial charge in [0.25, 0.3) is 0 Å². The van der Waals surface area contributed by atoms with Gasteiger partial charge < -0.3 is 30.3 Å². The zero-order chi connectivity index (χ0) is 32.6. The van der Waals surface area contributed by atoms with Crippen LogP contribution in [0, 0.1) is 11.2 Å². The summed E-state index contributed by atoms with van der Waals surface area (Å²) in [6, 6.07) is 1.72. The summed E-state index contributed by atoms with van der Waals surface area (Å²) in [5.74, 6) is 0.127. The minimum Gasteiger partial charge on any atom is -0.480 e. The van der Waals surface area contributed by atoms with Gasteiger partial charge in [-0.3, -0.25) is 4.90 Å². The maximum atomic E-state index is 17.0. The fourth-order valence-electron chi connectivity index (χ4n) is 7.20. The second-order valence-corrected chi connectivity index (χ2v) is 12.7. The lowest BCUT2D eigenvalue weighted by Crippen LogP contribution is -2.43. The second-order valence-electron chi connectivity index (χ2n) is 12.3. The number of anilines is 2. The van der Waals surface area contributed by atoms with Crippen molar-refractivity contribution in [3.8, 4) is 23.1 Å². The number of ether oxygens (including phenoxy) is 3. The molecule has 1 unspecified atom stereocenters. The van der Waals surface area contributed by atoms with Crippen LogP contribution in [0.4, 0.5) is 15.9 Å². The first-order valence-corrected chi connectivity index (χ1v) is 16.7. The largest absolute Gasteiger partial charge is 0.480 e. The summed E-state index contributed by atoms with van der Waals surface area (Å²) in [6.07, 6.45) is 6.69. The molecule has 46 heavy (non-hydrogen) atoms. The summed E-state index contributed by atoms with van der Waals surface area (Å²) < 4.78 is 34.9. The van der Waals surface area contributed by atoms with Crippen LogP contribution in [0.25, 0.3) is 22.2 Å². The number of rotatable bonds is 8. The Morgan fingerprint density at radius 3 is 2.74 bits per heavy atom. The Morgan fingerprint density at radius 1 is 1.20 bits per heavy atom. The van der Waals surface area contributed by atoms with Gasteiger partial charge in [-0.05, 0) is 62.6 Å². The zero-order valence-electron chi connectivity index (χ0n) is 26.9. The van der Waals surface area contributed by atoms with Crippen molar-refractivity contribution in [1.82, 2.24) is 19.9 Å². The predicted octanol–water partition coefficient (Wildman–Crippen LogP) is 6.38. The van der Waals surface area contributed by atoms with Crippen LogP contribution in [0.15, 0.2) is 18.2 Å². The van der Waals surface area contributed by atoms with Gasteiger partial charge in [-0.2, -0.15) is 9.97 Å². The first-order valence-electron chi connectivity index (χ1n) is 16.3. The number of methoxy groups -OCH3 is 1. The average Bonchev–Trinajstić information content (AvgIpc) is 3.80. The lowest BCUT2D eigenvalue weighted by Gasteiger charge is -2.31. The smallest absolute Gasteiger partial charge is 0.319 e. The van der Waals surface area contributed by atoms with E-state index >= 15 is 4.39 Å². The minimum atomic E-state index is -0.665. The number of hydrogen-bond acceptors (Lipinski definition) is 10. The van der Waals surface area contributed by atoms with Gasteiger partial charge in [0.15, 0.2) is 5.82 Å². The molecule has 5 heterocycles. The first-order chi connectivity index (χ1) is 22.3. The van der Waals surface area contributed by atoms with Crippen LogP contribution in [0.3, 0.4) is 0 Å². The summed E-state index contributed by atoms with van der Waals surface area (Å²) in [7, 11) is 1.50. The molecule has 3 saturated heterocycles. The van der Waals surface area contributed by atoms with Crippen LogP contribution in [0.5, 0.6) is 11.9 Å². The molecule has 12 heteroatoms. The molecule has 1 atom stereocenters. The second kappa shape index (κ2) is 13.3. The molecule has 3 N–H and O–H groups in total. The van der Waals surface area contributed by atoms with Crippen molar-refractivity contribution in [2.45, 2.75) is 63.8 Å². The van der Waals surface area contributed by atoms with Crippen LogP contribution >= 0.6 is 11.6 Å². The fraction of sp³-hybridized carbons (Fsp3) is 0.529. The third-order valence-electron chi connectivity index (χ3n) is 9.39. The highest BCUT2D eigenvalue weighted by Gasteiger charge is 2.46. The Bertz CT molecular complexity index is 1660. The summed E-state index contributed by atoms with van der Waals surface area (Å²) in [4.78, 5) is 18.7. The number of nitrogens with one attached hydrogen (secondary N) is 1. The standard InChI is InChI=1S/C32H37ClFN7O3.C2H6/c1-18-14-32(7-3-9-41(32)16-18)17-44-31-38-28-25(29(39-31)40-8-4-11-43-12-10-40)30(42-2)37-27(26(28)34)24-20(15-35)22(36)13-21(33)23(24)19-5-6-19;1-2/h13,15,19,35H,1,3-12,14,16-17,36H2,2H3;1-2H3. The highest BCUT2D eigenvalue weighted by atomic mass is 35.5. The van der Waals surface area contributed by atoms with Gasteiger partial charge in [-0.15, -0.1) is 0 Å². The van der Waals surface area contributed by atoms with E-state index in [1.54, 1.807) is 6.07 Å². The number of fused-ring (bicyclic) bond motifs is 2. The SMILES string of the molecule is C=C1CN2CCCC2(COc2nc(N3CCCOCC3)c3c(OC)nc(-c4c(C=N)c(N)cc(Cl)c4C4CC4)c(F)c3n2)C1.CC. The van der Waals surface area contributed by atoms with Crippen molar-refractivity contribution < 1.29 is 18.6 Å². The Balaban J connectivity index is 0.00000182. The zero-order valence-corrected chi connectivity index (χ0v) is 27.7. The first kappa shape index (κ1) is 32.4. The molecule has 4 aliphatic rings. The lowest BCUT2D eigenvalue weighted by atomic mass is 9.93. The normalized spacial score (nSPS) is 21.5. The molecule has 1 aromatic carbocycles. The van der Waals surface area contributed by atoms with Crippen molar-refractivity contribution in [2.75, 3.05) is 63.7 Å². The van der Waals surface area contributed by atoms with Crippen molar-refractivity contribution in [3.05, 3.63) is 40.2 Å². The predicted molar refractivity (Wildman–Crippen MR) is 180 cm³/mol. The van der Waals surface area contributed by atoms with E-state index in [0.29, 0.717) is 60.3 Å². The van der Waals surface area contributed by atoms with Crippen molar-refractivity contribution in [1.29, 1.82) is 5.41 Å². The maximum Gasteiger partial charge on any atom is 0.319 e. The number of pyridine rings is 1. The number of benzene rings is 1. The molecule has 0 amide bonds. The van der Waals surface area contributed by atoms with E-state index < -0.39 is 5.82 Å². The van der Waals surface area contributed by atoms with Crippen molar-refractivity contribution >= 4 is 40.2 Å². The average molecular weight is 652 g/mol. The van der Waals surface area contributed by atoms with E-state index in [-0.39, 0.29) is 40.2 Å². The molecule has 7 rings (SSSR count). The van der Waals surface area contributed by atoms with Crippen molar-refractivity contribution in [3.63, 3.8) is 0 Å². The van der Waals surface area contributed by atoms with Gasteiger partial charge >= 0.3 is 6.01 Å². The van der Waals surface area contributed by atoms with Crippen LogP contribution < -0.4 is 20.1 Å². The van der Waals surface area contributed by atoms with E-state index in [2.05, 4.69) is 21.4 Å². The van der Waals surface area contributed by atoms with Crippen LogP contribution in [-0.2, 0) is 4.74 Å². The summed E-state index contributed by atoms with van der Waals surface area (Å²) in [5, 5.41) is 8.95. The molecule has 4 fully saturated rings. The van der Waals surface area contributed by atoms with Gasteiger partial charge in [0, 0.05) is 54.3 Å². The quantitative estimate of drug-likeness (QED) is 0.162. The van der Waals surface area contributed by atoms with Crippen LogP contribution in [0.1, 0.15) is 69.4 Å². The molecular formula is C34H43ClFN7O3. The van der Waals surface area contributed by atoms with E-state index in [9.17, 15) is 0 Å². The van der Waals surface area contributed by atoms with E-state index in [0.717, 1.165) is 63.4 Å². The van der Waals surface area contributed by atoms with Gasteiger partial charge in [-0.1, -0.05) is 37.6 Å².